The van der Waals surface area contributed by atoms with Gasteiger partial charge in [-0.05, 0) is 36.2 Å². The first kappa shape index (κ1) is 18.0. The summed E-state index contributed by atoms with van der Waals surface area (Å²) in [6.45, 7) is 4.34. The van der Waals surface area contributed by atoms with Gasteiger partial charge in [-0.1, -0.05) is 13.8 Å². The van der Waals surface area contributed by atoms with E-state index in [0.717, 1.165) is 6.07 Å². The minimum atomic E-state index is -3.75. The normalized spacial score (nSPS) is 11.6. The molecule has 0 amide bonds. The van der Waals surface area contributed by atoms with Gasteiger partial charge in [-0.2, -0.15) is 0 Å². The van der Waals surface area contributed by atoms with Crippen molar-refractivity contribution in [3.05, 3.63) is 47.9 Å². The maximum absolute atomic E-state index is 12.2. The molecule has 2 aromatic rings. The molecule has 0 bridgehead atoms. The first-order chi connectivity index (χ1) is 11.3. The second kappa shape index (κ2) is 7.50. The van der Waals surface area contributed by atoms with E-state index in [1.807, 2.05) is 13.8 Å². The Morgan fingerprint density at radius 3 is 2.62 bits per heavy atom. The van der Waals surface area contributed by atoms with Gasteiger partial charge in [0.25, 0.3) is 0 Å². The van der Waals surface area contributed by atoms with Crippen molar-refractivity contribution < 1.29 is 22.7 Å². The number of carboxylic acids is 1. The van der Waals surface area contributed by atoms with Crippen LogP contribution in [0.2, 0.25) is 0 Å². The summed E-state index contributed by atoms with van der Waals surface area (Å²) in [5.41, 5.74) is 0.204. The smallest absolute Gasteiger partial charge is 0.337 e. The molecule has 0 aliphatic rings. The molecule has 7 nitrogen and oxygen atoms in total. The summed E-state index contributed by atoms with van der Waals surface area (Å²) in [6, 6.07) is 7.44. The lowest BCUT2D eigenvalue weighted by molar-refractivity contribution is 0.0697. The molecule has 0 atom stereocenters. The van der Waals surface area contributed by atoms with E-state index in [9.17, 15) is 18.3 Å². The fourth-order valence-corrected chi connectivity index (χ4v) is 3.22. The largest absolute Gasteiger partial charge is 0.478 e. The monoisotopic (exact) mass is 352 g/mol. The Morgan fingerprint density at radius 1 is 1.29 bits per heavy atom. The minimum Gasteiger partial charge on any atom is -0.478 e. The Hall–Kier alpha value is -2.32. The first-order valence-electron chi connectivity index (χ1n) is 7.43. The number of hydrogen-bond donors (Lipinski definition) is 3. The molecule has 0 fully saturated rings. The van der Waals surface area contributed by atoms with Gasteiger partial charge in [0.05, 0.1) is 23.3 Å². The van der Waals surface area contributed by atoms with Crippen LogP contribution in [0.3, 0.4) is 0 Å². The highest BCUT2D eigenvalue weighted by Crippen LogP contribution is 2.21. The van der Waals surface area contributed by atoms with E-state index in [-0.39, 0.29) is 22.9 Å². The van der Waals surface area contributed by atoms with E-state index in [1.165, 1.54) is 18.4 Å². The quantitative estimate of drug-likeness (QED) is 0.674. The van der Waals surface area contributed by atoms with Gasteiger partial charge < -0.3 is 14.8 Å². The van der Waals surface area contributed by atoms with Gasteiger partial charge in [0.1, 0.15) is 5.76 Å². The number of nitrogens with one attached hydrogen (secondary N) is 2. The topological polar surface area (TPSA) is 109 Å². The number of aromatic carboxylic acids is 1. The maximum atomic E-state index is 12.2. The molecule has 0 radical (unpaired) electrons. The van der Waals surface area contributed by atoms with Gasteiger partial charge in [0, 0.05) is 12.2 Å². The molecule has 1 heterocycles. The van der Waals surface area contributed by atoms with Crippen molar-refractivity contribution in [3.8, 4) is 0 Å². The molecule has 0 aliphatic carbocycles. The molecular weight excluding hydrogens is 332 g/mol. The van der Waals surface area contributed by atoms with E-state index in [4.69, 9.17) is 4.42 Å². The van der Waals surface area contributed by atoms with Crippen molar-refractivity contribution >= 4 is 21.7 Å². The molecule has 1 aromatic heterocycles. The van der Waals surface area contributed by atoms with E-state index < -0.39 is 16.0 Å². The van der Waals surface area contributed by atoms with Gasteiger partial charge in [0.15, 0.2) is 0 Å². The molecule has 130 valence electrons. The van der Waals surface area contributed by atoms with Crippen molar-refractivity contribution in [1.82, 2.24) is 4.72 Å². The average Bonchev–Trinajstić information content (AvgIpc) is 3.04. The van der Waals surface area contributed by atoms with Crippen LogP contribution in [0.1, 0.15) is 30.0 Å². The second-order valence-electron chi connectivity index (χ2n) is 5.69. The standard InChI is InChI=1S/C16H20N2O5S/c1-11(2)9-18-24(21,22)13-5-6-15(14(8-13)16(19)20)17-10-12-4-3-7-23-12/h3-8,11,17-18H,9-10H2,1-2H3,(H,19,20). The molecule has 0 unspecified atom stereocenters. The number of hydrogen-bond acceptors (Lipinski definition) is 5. The molecule has 2 rings (SSSR count). The highest BCUT2D eigenvalue weighted by molar-refractivity contribution is 7.89. The van der Waals surface area contributed by atoms with Crippen molar-refractivity contribution in [2.75, 3.05) is 11.9 Å². The Labute approximate surface area is 140 Å². The van der Waals surface area contributed by atoms with Gasteiger partial charge in [-0.25, -0.2) is 17.9 Å². The van der Waals surface area contributed by atoms with Crippen molar-refractivity contribution in [1.29, 1.82) is 0 Å². The number of benzene rings is 1. The number of carbonyl (C=O) groups is 1. The first-order valence-corrected chi connectivity index (χ1v) is 8.91. The lowest BCUT2D eigenvalue weighted by Gasteiger charge is -2.12. The third kappa shape index (κ3) is 4.59. The summed E-state index contributed by atoms with van der Waals surface area (Å²) in [6.07, 6.45) is 1.52. The molecule has 0 spiro atoms. The van der Waals surface area contributed by atoms with E-state index in [2.05, 4.69) is 10.0 Å². The predicted molar refractivity (Wildman–Crippen MR) is 89.5 cm³/mol. The van der Waals surface area contributed by atoms with Crippen LogP contribution in [0.25, 0.3) is 0 Å². The fraction of sp³-hybridized carbons (Fsp3) is 0.312. The fourth-order valence-electron chi connectivity index (χ4n) is 1.98. The molecule has 0 aliphatic heterocycles. The van der Waals surface area contributed by atoms with Crippen LogP contribution in [0, 0.1) is 5.92 Å². The number of rotatable bonds is 8. The number of furan rings is 1. The van der Waals surface area contributed by atoms with Crippen LogP contribution in [0.15, 0.2) is 45.9 Å². The Kier molecular flexibility index (Phi) is 5.63. The lowest BCUT2D eigenvalue weighted by atomic mass is 10.2. The van der Waals surface area contributed by atoms with E-state index in [1.54, 1.807) is 12.1 Å². The average molecular weight is 352 g/mol. The van der Waals surface area contributed by atoms with Crippen LogP contribution in [0.5, 0.6) is 0 Å². The zero-order chi connectivity index (χ0) is 17.7. The summed E-state index contributed by atoms with van der Waals surface area (Å²) in [5, 5.41) is 12.3. The highest BCUT2D eigenvalue weighted by atomic mass is 32.2. The highest BCUT2D eigenvalue weighted by Gasteiger charge is 2.19. The lowest BCUT2D eigenvalue weighted by Crippen LogP contribution is -2.27. The Balaban J connectivity index is 2.24. The van der Waals surface area contributed by atoms with Crippen molar-refractivity contribution in [2.45, 2.75) is 25.3 Å². The summed E-state index contributed by atoms with van der Waals surface area (Å²) in [7, 11) is -3.75. The van der Waals surface area contributed by atoms with Gasteiger partial charge >= 0.3 is 5.97 Å². The molecule has 8 heteroatoms. The minimum absolute atomic E-state index is 0.0795. The molecule has 24 heavy (non-hydrogen) atoms. The molecule has 0 saturated heterocycles. The van der Waals surface area contributed by atoms with Crippen LogP contribution < -0.4 is 10.0 Å². The summed E-state index contributed by atoms with van der Waals surface area (Å²) < 4.78 is 32.1. The summed E-state index contributed by atoms with van der Waals surface area (Å²) in [4.78, 5) is 11.4. The van der Waals surface area contributed by atoms with Crippen molar-refractivity contribution in [3.63, 3.8) is 0 Å². The molecule has 3 N–H and O–H groups in total. The summed E-state index contributed by atoms with van der Waals surface area (Å²) >= 11 is 0. The third-order valence-corrected chi connectivity index (χ3v) is 4.67. The van der Waals surface area contributed by atoms with Crippen LogP contribution in [0.4, 0.5) is 5.69 Å². The van der Waals surface area contributed by atoms with Crippen LogP contribution in [-0.2, 0) is 16.6 Å². The zero-order valence-electron chi connectivity index (χ0n) is 13.4. The number of carboxylic acid groups (broad SMARTS) is 1. The number of anilines is 1. The maximum Gasteiger partial charge on any atom is 0.337 e. The zero-order valence-corrected chi connectivity index (χ0v) is 14.3. The van der Waals surface area contributed by atoms with Gasteiger partial charge in [-0.15, -0.1) is 0 Å². The third-order valence-electron chi connectivity index (χ3n) is 3.25. The van der Waals surface area contributed by atoms with E-state index >= 15 is 0 Å². The van der Waals surface area contributed by atoms with Crippen molar-refractivity contribution in [2.24, 2.45) is 5.92 Å². The summed E-state index contributed by atoms with van der Waals surface area (Å²) in [5.74, 6) is -0.424. The van der Waals surface area contributed by atoms with E-state index in [0.29, 0.717) is 18.0 Å². The van der Waals surface area contributed by atoms with Crippen LogP contribution >= 0.6 is 0 Å². The van der Waals surface area contributed by atoms with Crippen LogP contribution in [-0.4, -0.2) is 26.0 Å². The Bertz CT molecular complexity index is 798. The molecule has 1 aromatic carbocycles. The predicted octanol–water partition coefficient (Wildman–Crippen LogP) is 2.52. The Morgan fingerprint density at radius 2 is 2.04 bits per heavy atom. The molecule has 0 saturated carbocycles. The molecular formula is C16H20N2O5S. The second-order valence-corrected chi connectivity index (χ2v) is 7.46. The van der Waals surface area contributed by atoms with Gasteiger partial charge in [-0.3, -0.25) is 0 Å². The SMILES string of the molecule is CC(C)CNS(=O)(=O)c1ccc(NCc2ccco2)c(C(=O)O)c1. The van der Waals surface area contributed by atoms with Gasteiger partial charge in [0.2, 0.25) is 10.0 Å². The number of sulfonamides is 1.